The van der Waals surface area contributed by atoms with E-state index < -0.39 is 31.6 Å². The van der Waals surface area contributed by atoms with Crippen LogP contribution in [0.25, 0.3) is 22.4 Å². The number of pyridine rings is 1. The van der Waals surface area contributed by atoms with E-state index in [4.69, 9.17) is 10.2 Å². The summed E-state index contributed by atoms with van der Waals surface area (Å²) in [7, 11) is -7.10. The maximum absolute atomic E-state index is 13.4. The highest BCUT2D eigenvalue weighted by Gasteiger charge is 2.27. The molecule has 3 aromatic rings. The molecule has 0 spiro atoms. The molecule has 33 heavy (non-hydrogen) atoms. The zero-order valence-corrected chi connectivity index (χ0v) is 21.5. The lowest BCUT2D eigenvalue weighted by Gasteiger charge is -2.23. The Bertz CT molecular complexity index is 1420. The lowest BCUT2D eigenvalue weighted by molar-refractivity contribution is 0.100. The van der Waals surface area contributed by atoms with Crippen LogP contribution >= 0.6 is 22.6 Å². The molecule has 0 saturated heterocycles. The standard InChI is InChI=1S/C20H21FIN3O6S2/c1-32(27,28)9-3-8-25(33(2,29)30)19-13(11-22)10-15-16(18(23)26)17(31-20(15)24-19)12-4-6-14(21)7-5-12/h4-7,10H,3,8-9,11H2,1-2H3,(H2,23,26). The van der Waals surface area contributed by atoms with Crippen molar-refractivity contribution < 1.29 is 30.4 Å². The molecule has 2 aromatic heterocycles. The van der Waals surface area contributed by atoms with Crippen LogP contribution in [0.15, 0.2) is 34.7 Å². The van der Waals surface area contributed by atoms with Gasteiger partial charge < -0.3 is 10.2 Å². The van der Waals surface area contributed by atoms with Gasteiger partial charge in [-0.25, -0.2) is 21.2 Å². The van der Waals surface area contributed by atoms with Gasteiger partial charge in [0.25, 0.3) is 5.91 Å². The molecule has 0 fully saturated rings. The molecule has 9 nitrogen and oxygen atoms in total. The Kier molecular flexibility index (Phi) is 7.33. The molecule has 0 unspecified atom stereocenters. The molecule has 0 atom stereocenters. The molecule has 0 bridgehead atoms. The van der Waals surface area contributed by atoms with Crippen LogP contribution in [-0.2, 0) is 24.3 Å². The fourth-order valence-electron chi connectivity index (χ4n) is 3.32. The van der Waals surface area contributed by atoms with Crippen LogP contribution in [0, 0.1) is 5.82 Å². The third-order valence-corrected chi connectivity index (χ3v) is 7.76. The number of furan rings is 1. The number of carbonyl (C=O) groups excluding carboxylic acids is 1. The van der Waals surface area contributed by atoms with E-state index >= 15 is 0 Å². The van der Waals surface area contributed by atoms with Crippen LogP contribution in [0.4, 0.5) is 10.2 Å². The predicted octanol–water partition coefficient (Wildman–Crippen LogP) is 2.87. The van der Waals surface area contributed by atoms with Crippen molar-refractivity contribution in [3.8, 4) is 11.3 Å². The van der Waals surface area contributed by atoms with Gasteiger partial charge in [-0.3, -0.25) is 9.10 Å². The first kappa shape index (κ1) is 25.4. The predicted molar refractivity (Wildman–Crippen MR) is 132 cm³/mol. The molecular weight excluding hydrogens is 588 g/mol. The molecule has 0 saturated carbocycles. The number of primary amides is 1. The van der Waals surface area contributed by atoms with Crippen LogP contribution < -0.4 is 10.0 Å². The minimum Gasteiger partial charge on any atom is -0.437 e. The Morgan fingerprint density at radius 2 is 1.82 bits per heavy atom. The number of aromatic nitrogens is 1. The van der Waals surface area contributed by atoms with Gasteiger partial charge in [-0.05, 0) is 36.8 Å². The van der Waals surface area contributed by atoms with Gasteiger partial charge in [0.2, 0.25) is 15.7 Å². The van der Waals surface area contributed by atoms with E-state index in [9.17, 15) is 26.0 Å². The molecule has 178 valence electrons. The maximum atomic E-state index is 13.4. The summed E-state index contributed by atoms with van der Waals surface area (Å²) in [6.45, 7) is -0.109. The lowest BCUT2D eigenvalue weighted by atomic mass is 10.0. The van der Waals surface area contributed by atoms with Crippen LogP contribution in [0.2, 0.25) is 0 Å². The summed E-state index contributed by atoms with van der Waals surface area (Å²) < 4.78 is 68.5. The minimum absolute atomic E-state index is 0.0245. The van der Waals surface area contributed by atoms with E-state index in [1.54, 1.807) is 6.07 Å². The molecule has 3 rings (SSSR count). The van der Waals surface area contributed by atoms with Gasteiger partial charge in [0.1, 0.15) is 27.2 Å². The summed E-state index contributed by atoms with van der Waals surface area (Å²) in [6, 6.07) is 6.84. The van der Waals surface area contributed by atoms with Crippen molar-refractivity contribution in [3.63, 3.8) is 0 Å². The normalized spacial score (nSPS) is 12.2. The molecule has 2 heterocycles. The largest absolute Gasteiger partial charge is 0.437 e. The van der Waals surface area contributed by atoms with Crippen molar-refractivity contribution in [2.75, 3.05) is 29.1 Å². The first-order valence-corrected chi connectivity index (χ1v) is 15.0. The van der Waals surface area contributed by atoms with E-state index in [1.807, 2.05) is 22.6 Å². The zero-order valence-electron chi connectivity index (χ0n) is 17.7. The highest BCUT2D eigenvalue weighted by Crippen LogP contribution is 2.36. The topological polar surface area (TPSA) is 141 Å². The average molecular weight is 609 g/mol. The number of amides is 1. The van der Waals surface area contributed by atoms with Crippen molar-refractivity contribution in [1.29, 1.82) is 0 Å². The molecule has 0 aliphatic heterocycles. The lowest BCUT2D eigenvalue weighted by Crippen LogP contribution is -2.33. The fourth-order valence-corrected chi connectivity index (χ4v) is 5.47. The first-order chi connectivity index (χ1) is 15.3. The third kappa shape index (κ3) is 5.81. The number of anilines is 1. The van der Waals surface area contributed by atoms with Crippen molar-refractivity contribution in [3.05, 3.63) is 47.3 Å². The van der Waals surface area contributed by atoms with Crippen molar-refractivity contribution in [2.45, 2.75) is 10.8 Å². The number of rotatable bonds is 9. The number of nitrogens with two attached hydrogens (primary N) is 1. The van der Waals surface area contributed by atoms with Crippen LogP contribution in [0.1, 0.15) is 22.3 Å². The number of benzene rings is 1. The summed E-state index contributed by atoms with van der Waals surface area (Å²) in [5, 5.41) is 0.293. The number of carbonyl (C=O) groups is 1. The van der Waals surface area contributed by atoms with Gasteiger partial charge in [-0.1, -0.05) is 22.6 Å². The van der Waals surface area contributed by atoms with Crippen LogP contribution in [0.5, 0.6) is 0 Å². The number of alkyl halides is 1. The number of hydrogen-bond donors (Lipinski definition) is 1. The second-order valence-corrected chi connectivity index (χ2v) is 12.4. The smallest absolute Gasteiger partial charge is 0.253 e. The molecule has 1 amide bonds. The molecule has 0 radical (unpaired) electrons. The van der Waals surface area contributed by atoms with Gasteiger partial charge >= 0.3 is 0 Å². The Hall–Kier alpha value is -2.26. The summed E-state index contributed by atoms with van der Waals surface area (Å²) in [5.74, 6) is -1.29. The summed E-state index contributed by atoms with van der Waals surface area (Å²) in [6.07, 6.45) is 2.14. The number of hydrogen-bond acceptors (Lipinski definition) is 7. The number of sulfone groups is 1. The van der Waals surface area contributed by atoms with Gasteiger partial charge in [0, 0.05) is 28.4 Å². The molecule has 0 aliphatic rings. The maximum Gasteiger partial charge on any atom is 0.253 e. The second-order valence-electron chi connectivity index (χ2n) is 7.45. The molecule has 13 heteroatoms. The molecule has 2 N–H and O–H groups in total. The van der Waals surface area contributed by atoms with E-state index in [0.29, 0.717) is 20.9 Å². The van der Waals surface area contributed by atoms with Crippen LogP contribution in [-0.4, -0.2) is 52.5 Å². The van der Waals surface area contributed by atoms with Crippen molar-refractivity contribution in [2.24, 2.45) is 5.73 Å². The Balaban J connectivity index is 2.20. The Morgan fingerprint density at radius 1 is 1.18 bits per heavy atom. The van der Waals surface area contributed by atoms with Crippen molar-refractivity contribution in [1.82, 2.24) is 4.98 Å². The second kappa shape index (κ2) is 9.54. The first-order valence-electron chi connectivity index (χ1n) is 9.55. The van der Waals surface area contributed by atoms with Gasteiger partial charge in [0.15, 0.2) is 0 Å². The summed E-state index contributed by atoms with van der Waals surface area (Å²) >= 11 is 2.03. The number of halogens is 2. The Labute approximate surface area is 204 Å². The van der Waals surface area contributed by atoms with E-state index in [1.165, 1.54) is 24.3 Å². The molecule has 0 aliphatic carbocycles. The number of sulfonamides is 1. The SMILES string of the molecule is CS(=O)(=O)CCCN(c1nc2oc(-c3ccc(F)cc3)c(C(N)=O)c2cc1CI)S(C)(=O)=O. The van der Waals surface area contributed by atoms with E-state index in [2.05, 4.69) is 4.98 Å². The highest BCUT2D eigenvalue weighted by molar-refractivity contribution is 14.1. The fraction of sp³-hybridized carbons (Fsp3) is 0.300. The zero-order chi connectivity index (χ0) is 24.6. The monoisotopic (exact) mass is 609 g/mol. The minimum atomic E-state index is -3.82. The number of fused-ring (bicyclic) bond motifs is 1. The Morgan fingerprint density at radius 3 is 2.33 bits per heavy atom. The molecule has 1 aromatic carbocycles. The van der Waals surface area contributed by atoms with Gasteiger partial charge in [0.05, 0.1) is 23.0 Å². The molecular formula is C20H21FIN3O6S2. The van der Waals surface area contributed by atoms with Crippen LogP contribution in [0.3, 0.4) is 0 Å². The highest BCUT2D eigenvalue weighted by atomic mass is 127. The third-order valence-electron chi connectivity index (χ3n) is 4.75. The summed E-state index contributed by atoms with van der Waals surface area (Å²) in [4.78, 5) is 16.6. The van der Waals surface area contributed by atoms with Crippen molar-refractivity contribution >= 4 is 65.3 Å². The summed E-state index contributed by atoms with van der Waals surface area (Å²) in [5.41, 5.74) is 6.50. The quantitative estimate of drug-likeness (QED) is 0.291. The van der Waals surface area contributed by atoms with E-state index in [0.717, 1.165) is 16.8 Å². The van der Waals surface area contributed by atoms with E-state index in [-0.39, 0.29) is 41.6 Å². The average Bonchev–Trinajstić information content (AvgIpc) is 3.07. The number of nitrogens with zero attached hydrogens (tertiary/aromatic N) is 2. The van der Waals surface area contributed by atoms with Gasteiger partial charge in [-0.15, -0.1) is 0 Å². The van der Waals surface area contributed by atoms with Gasteiger partial charge in [-0.2, -0.15) is 4.98 Å².